The minimum Gasteiger partial charge on any atom is -0.490 e. The van der Waals surface area contributed by atoms with E-state index in [1.54, 1.807) is 0 Å². The normalized spacial score (nSPS) is 10.9. The van der Waals surface area contributed by atoms with Gasteiger partial charge in [0, 0.05) is 17.1 Å². The summed E-state index contributed by atoms with van der Waals surface area (Å²) in [6.07, 6.45) is 0. The molecule has 0 bridgehead atoms. The maximum atomic E-state index is 6.02. The zero-order chi connectivity index (χ0) is 17.5. The summed E-state index contributed by atoms with van der Waals surface area (Å²) in [5.41, 5.74) is 3.55. The molecule has 0 heterocycles. The van der Waals surface area contributed by atoms with Gasteiger partial charge in [0.25, 0.3) is 0 Å². The van der Waals surface area contributed by atoms with Crippen molar-refractivity contribution in [3.63, 3.8) is 0 Å². The monoisotopic (exact) mass is 391 g/mol. The van der Waals surface area contributed by atoms with Crippen molar-refractivity contribution >= 4 is 15.9 Å². The van der Waals surface area contributed by atoms with E-state index in [1.165, 1.54) is 5.56 Å². The summed E-state index contributed by atoms with van der Waals surface area (Å²) in [4.78, 5) is 0. The van der Waals surface area contributed by atoms with Crippen molar-refractivity contribution in [1.29, 1.82) is 0 Å². The second kappa shape index (κ2) is 9.09. The third-order valence-electron chi connectivity index (χ3n) is 3.59. The van der Waals surface area contributed by atoms with Gasteiger partial charge in [-0.2, -0.15) is 0 Å². The number of rotatable bonds is 8. The van der Waals surface area contributed by atoms with Crippen LogP contribution in [-0.4, -0.2) is 12.6 Å². The smallest absolute Gasteiger partial charge is 0.162 e. The zero-order valence-electron chi connectivity index (χ0n) is 14.9. The molecule has 0 fully saturated rings. The van der Waals surface area contributed by atoms with E-state index in [2.05, 4.69) is 66.3 Å². The maximum Gasteiger partial charge on any atom is 0.162 e. The van der Waals surface area contributed by atoms with E-state index in [9.17, 15) is 0 Å². The quantitative estimate of drug-likeness (QED) is 0.667. The van der Waals surface area contributed by atoms with Crippen LogP contribution >= 0.6 is 15.9 Å². The second-order valence-electron chi connectivity index (χ2n) is 6.14. The lowest BCUT2D eigenvalue weighted by Crippen LogP contribution is -2.22. The van der Waals surface area contributed by atoms with Gasteiger partial charge in [0.2, 0.25) is 0 Å². The lowest BCUT2D eigenvalue weighted by Gasteiger charge is -2.16. The number of halogens is 1. The Balaban J connectivity index is 2.16. The van der Waals surface area contributed by atoms with Gasteiger partial charge in [-0.3, -0.25) is 0 Å². The van der Waals surface area contributed by atoms with Crippen LogP contribution in [0.25, 0.3) is 0 Å². The Morgan fingerprint density at radius 2 is 1.83 bits per heavy atom. The van der Waals surface area contributed by atoms with Crippen molar-refractivity contribution in [1.82, 2.24) is 5.32 Å². The third kappa shape index (κ3) is 5.53. The molecule has 0 radical (unpaired) electrons. The molecule has 0 spiro atoms. The average molecular weight is 392 g/mol. The highest BCUT2D eigenvalue weighted by atomic mass is 79.9. The van der Waals surface area contributed by atoms with Gasteiger partial charge >= 0.3 is 0 Å². The Hall–Kier alpha value is -1.52. The van der Waals surface area contributed by atoms with Gasteiger partial charge < -0.3 is 14.8 Å². The average Bonchev–Trinajstić information content (AvgIpc) is 2.53. The standard InChI is InChI=1S/C20H26BrNO2/c1-5-23-19-10-17(12-22-14(2)3)18(21)11-20(19)24-13-16-8-6-7-15(4)9-16/h6-11,14,22H,5,12-13H2,1-4H3. The lowest BCUT2D eigenvalue weighted by molar-refractivity contribution is 0.268. The van der Waals surface area contributed by atoms with E-state index < -0.39 is 0 Å². The van der Waals surface area contributed by atoms with Gasteiger partial charge in [-0.1, -0.05) is 59.6 Å². The summed E-state index contributed by atoms with van der Waals surface area (Å²) in [7, 11) is 0. The SMILES string of the molecule is CCOc1cc(CNC(C)C)c(Br)cc1OCc1cccc(C)c1. The number of hydrogen-bond donors (Lipinski definition) is 1. The van der Waals surface area contributed by atoms with E-state index in [0.29, 0.717) is 19.3 Å². The molecule has 0 atom stereocenters. The predicted molar refractivity (Wildman–Crippen MR) is 103 cm³/mol. The van der Waals surface area contributed by atoms with Gasteiger partial charge in [-0.05, 0) is 37.1 Å². The molecule has 2 aromatic rings. The number of hydrogen-bond acceptors (Lipinski definition) is 3. The molecule has 130 valence electrons. The van der Waals surface area contributed by atoms with Crippen molar-refractivity contribution in [3.05, 3.63) is 57.6 Å². The summed E-state index contributed by atoms with van der Waals surface area (Å²) < 4.78 is 12.8. The summed E-state index contributed by atoms with van der Waals surface area (Å²) in [5, 5.41) is 3.43. The molecule has 0 saturated carbocycles. The molecule has 4 heteroatoms. The lowest BCUT2D eigenvalue weighted by atomic mass is 10.1. The topological polar surface area (TPSA) is 30.5 Å². The van der Waals surface area contributed by atoms with Crippen LogP contribution in [-0.2, 0) is 13.2 Å². The van der Waals surface area contributed by atoms with E-state index in [1.807, 2.05) is 19.1 Å². The first-order valence-electron chi connectivity index (χ1n) is 8.36. The minimum atomic E-state index is 0.435. The highest BCUT2D eigenvalue weighted by Crippen LogP contribution is 2.34. The molecule has 0 aromatic heterocycles. The van der Waals surface area contributed by atoms with Crippen molar-refractivity contribution in [3.8, 4) is 11.5 Å². The number of nitrogens with one attached hydrogen (secondary N) is 1. The molecule has 0 saturated heterocycles. The summed E-state index contributed by atoms with van der Waals surface area (Å²) in [5.74, 6) is 1.55. The maximum absolute atomic E-state index is 6.02. The highest BCUT2D eigenvalue weighted by molar-refractivity contribution is 9.10. The summed E-state index contributed by atoms with van der Waals surface area (Å²) in [6, 6.07) is 12.8. The molecule has 24 heavy (non-hydrogen) atoms. The first-order valence-corrected chi connectivity index (χ1v) is 9.15. The molecule has 2 aromatic carbocycles. The molecule has 0 aliphatic heterocycles. The van der Waals surface area contributed by atoms with Gasteiger partial charge in [-0.25, -0.2) is 0 Å². The fourth-order valence-electron chi connectivity index (χ4n) is 2.37. The van der Waals surface area contributed by atoms with E-state index in [0.717, 1.165) is 33.6 Å². The van der Waals surface area contributed by atoms with Crippen LogP contribution in [0, 0.1) is 6.92 Å². The van der Waals surface area contributed by atoms with E-state index in [-0.39, 0.29) is 0 Å². The Labute approximate surface area is 153 Å². The van der Waals surface area contributed by atoms with Crippen molar-refractivity contribution in [2.45, 2.75) is 46.9 Å². The van der Waals surface area contributed by atoms with Crippen LogP contribution in [0.15, 0.2) is 40.9 Å². The Morgan fingerprint density at radius 3 is 2.50 bits per heavy atom. The van der Waals surface area contributed by atoms with E-state index >= 15 is 0 Å². The summed E-state index contributed by atoms with van der Waals surface area (Å²) >= 11 is 3.64. The van der Waals surface area contributed by atoms with Gasteiger partial charge in [0.1, 0.15) is 6.61 Å². The second-order valence-corrected chi connectivity index (χ2v) is 6.99. The number of aryl methyl sites for hydroxylation is 1. The Kier molecular flexibility index (Phi) is 7.13. The van der Waals surface area contributed by atoms with Crippen LogP contribution in [0.5, 0.6) is 11.5 Å². The van der Waals surface area contributed by atoms with Crippen LogP contribution < -0.4 is 14.8 Å². The Morgan fingerprint density at radius 1 is 1.08 bits per heavy atom. The first-order chi connectivity index (χ1) is 11.5. The Bertz CT molecular complexity index is 671. The molecular weight excluding hydrogens is 366 g/mol. The molecule has 0 aliphatic carbocycles. The van der Waals surface area contributed by atoms with E-state index in [4.69, 9.17) is 9.47 Å². The van der Waals surface area contributed by atoms with Gasteiger partial charge in [-0.15, -0.1) is 0 Å². The number of ether oxygens (including phenoxy) is 2. The van der Waals surface area contributed by atoms with Crippen LogP contribution in [0.4, 0.5) is 0 Å². The van der Waals surface area contributed by atoms with Gasteiger partial charge in [0.15, 0.2) is 11.5 Å². The molecule has 0 unspecified atom stereocenters. The molecular formula is C20H26BrNO2. The van der Waals surface area contributed by atoms with Crippen molar-refractivity contribution < 1.29 is 9.47 Å². The fraction of sp³-hybridized carbons (Fsp3) is 0.400. The van der Waals surface area contributed by atoms with Crippen LogP contribution in [0.1, 0.15) is 37.5 Å². The minimum absolute atomic E-state index is 0.435. The molecule has 0 aliphatic rings. The largest absolute Gasteiger partial charge is 0.490 e. The molecule has 2 rings (SSSR count). The molecule has 3 nitrogen and oxygen atoms in total. The third-order valence-corrected chi connectivity index (χ3v) is 4.33. The summed E-state index contributed by atoms with van der Waals surface area (Å²) in [6.45, 7) is 10.3. The van der Waals surface area contributed by atoms with Crippen LogP contribution in [0.2, 0.25) is 0 Å². The first kappa shape index (κ1) is 18.8. The molecule has 1 N–H and O–H groups in total. The zero-order valence-corrected chi connectivity index (χ0v) is 16.4. The molecule has 0 amide bonds. The van der Waals surface area contributed by atoms with Crippen molar-refractivity contribution in [2.75, 3.05) is 6.61 Å². The van der Waals surface area contributed by atoms with Crippen molar-refractivity contribution in [2.24, 2.45) is 0 Å². The van der Waals surface area contributed by atoms with Gasteiger partial charge in [0.05, 0.1) is 6.61 Å². The predicted octanol–water partition coefficient (Wildman–Crippen LogP) is 5.23. The van der Waals surface area contributed by atoms with Crippen LogP contribution in [0.3, 0.4) is 0 Å². The fourth-order valence-corrected chi connectivity index (χ4v) is 2.83. The number of benzene rings is 2. The highest BCUT2D eigenvalue weighted by Gasteiger charge is 2.11.